The summed E-state index contributed by atoms with van der Waals surface area (Å²) in [5.74, 6) is -0.218. The number of aliphatic carboxylic acids is 1. The topological polar surface area (TPSA) is 66.8 Å². The number of rotatable bonds is 6. The van der Waals surface area contributed by atoms with E-state index in [0.29, 0.717) is 12.2 Å². The number of carbonyl (C=O) groups is 1. The average molecular weight is 210 g/mol. The van der Waals surface area contributed by atoms with Gasteiger partial charge in [0.1, 0.15) is 5.75 Å². The molecule has 1 aromatic rings. The van der Waals surface area contributed by atoms with Crippen LogP contribution in [0, 0.1) is 0 Å². The molecule has 0 aromatic heterocycles. The van der Waals surface area contributed by atoms with Crippen molar-refractivity contribution >= 4 is 5.97 Å². The first kappa shape index (κ1) is 11.5. The van der Waals surface area contributed by atoms with Crippen LogP contribution in [0.5, 0.6) is 5.75 Å². The Labute approximate surface area is 88.1 Å². The lowest BCUT2D eigenvalue weighted by atomic mass is 10.1. The fourth-order valence-electron chi connectivity index (χ4n) is 1.14. The van der Waals surface area contributed by atoms with Gasteiger partial charge in [-0.2, -0.15) is 0 Å². The Kier molecular flexibility index (Phi) is 4.63. The van der Waals surface area contributed by atoms with Gasteiger partial charge < -0.3 is 14.9 Å². The summed E-state index contributed by atoms with van der Waals surface area (Å²) < 4.78 is 5.21. The highest BCUT2D eigenvalue weighted by Gasteiger charge is 1.98. The van der Waals surface area contributed by atoms with Gasteiger partial charge in [0.05, 0.1) is 13.0 Å². The molecule has 0 aliphatic carbocycles. The van der Waals surface area contributed by atoms with Crippen LogP contribution in [-0.2, 0) is 11.2 Å². The maximum Gasteiger partial charge on any atom is 0.306 e. The molecule has 0 aliphatic rings. The van der Waals surface area contributed by atoms with Gasteiger partial charge in [-0.3, -0.25) is 4.79 Å². The number of benzene rings is 1. The summed E-state index contributed by atoms with van der Waals surface area (Å²) in [6, 6.07) is 7.25. The van der Waals surface area contributed by atoms with Crippen LogP contribution >= 0.6 is 0 Å². The van der Waals surface area contributed by atoms with Crippen LogP contribution in [0.3, 0.4) is 0 Å². The molecule has 0 saturated heterocycles. The first-order valence-electron chi connectivity index (χ1n) is 4.77. The Balaban J connectivity index is 2.39. The molecule has 1 aromatic carbocycles. The number of hydrogen-bond donors (Lipinski definition) is 2. The Morgan fingerprint density at radius 3 is 2.47 bits per heavy atom. The van der Waals surface area contributed by atoms with Gasteiger partial charge in [0, 0.05) is 6.61 Å². The second-order valence-electron chi connectivity index (χ2n) is 3.11. The van der Waals surface area contributed by atoms with Crippen molar-refractivity contribution in [3.05, 3.63) is 29.8 Å². The predicted octanol–water partition coefficient (Wildman–Crippen LogP) is 1.07. The van der Waals surface area contributed by atoms with Crippen molar-refractivity contribution in [1.29, 1.82) is 0 Å². The molecular weight excluding hydrogens is 196 g/mol. The number of carboxylic acids is 1. The average Bonchev–Trinajstić information content (AvgIpc) is 2.20. The molecule has 0 fully saturated rings. The molecule has 0 saturated carbocycles. The second kappa shape index (κ2) is 6.03. The van der Waals surface area contributed by atoms with Crippen LogP contribution in [-0.4, -0.2) is 29.4 Å². The standard InChI is InChI=1S/C11H14O4/c12-7-5-9-1-3-10(4-2-9)15-8-6-11(13)14/h1-4,12H,5-8H2,(H,13,14). The van der Waals surface area contributed by atoms with E-state index in [1.54, 1.807) is 12.1 Å². The maximum atomic E-state index is 10.2. The molecule has 0 atom stereocenters. The molecule has 2 N–H and O–H groups in total. The molecule has 0 spiro atoms. The van der Waals surface area contributed by atoms with Gasteiger partial charge in [0.15, 0.2) is 0 Å². The number of carboxylic acid groups (broad SMARTS) is 1. The highest BCUT2D eigenvalue weighted by atomic mass is 16.5. The minimum absolute atomic E-state index is 0.00160. The van der Waals surface area contributed by atoms with Gasteiger partial charge in [-0.15, -0.1) is 0 Å². The van der Waals surface area contributed by atoms with E-state index in [2.05, 4.69) is 0 Å². The molecule has 15 heavy (non-hydrogen) atoms. The Morgan fingerprint density at radius 2 is 1.93 bits per heavy atom. The van der Waals surface area contributed by atoms with Crippen molar-refractivity contribution in [2.45, 2.75) is 12.8 Å². The van der Waals surface area contributed by atoms with E-state index in [9.17, 15) is 4.79 Å². The van der Waals surface area contributed by atoms with Crippen molar-refractivity contribution in [3.63, 3.8) is 0 Å². The molecule has 0 aliphatic heterocycles. The summed E-state index contributed by atoms with van der Waals surface area (Å²) in [7, 11) is 0. The minimum atomic E-state index is -0.869. The molecule has 0 bridgehead atoms. The summed E-state index contributed by atoms with van der Waals surface area (Å²) in [6.45, 7) is 0.300. The zero-order valence-electron chi connectivity index (χ0n) is 8.35. The van der Waals surface area contributed by atoms with Crippen molar-refractivity contribution in [2.75, 3.05) is 13.2 Å². The molecule has 4 nitrogen and oxygen atoms in total. The minimum Gasteiger partial charge on any atom is -0.493 e. The van der Waals surface area contributed by atoms with E-state index in [1.165, 1.54) is 0 Å². The lowest BCUT2D eigenvalue weighted by Gasteiger charge is -2.05. The summed E-state index contributed by atoms with van der Waals surface area (Å²) in [5.41, 5.74) is 1.03. The van der Waals surface area contributed by atoms with Gasteiger partial charge in [0.2, 0.25) is 0 Å². The van der Waals surface area contributed by atoms with Crippen LogP contribution in [0.2, 0.25) is 0 Å². The van der Waals surface area contributed by atoms with Gasteiger partial charge in [0.25, 0.3) is 0 Å². The van der Waals surface area contributed by atoms with Gasteiger partial charge in [-0.1, -0.05) is 12.1 Å². The van der Waals surface area contributed by atoms with E-state index < -0.39 is 5.97 Å². The fraction of sp³-hybridized carbons (Fsp3) is 0.364. The van der Waals surface area contributed by atoms with Crippen LogP contribution in [0.1, 0.15) is 12.0 Å². The fourth-order valence-corrected chi connectivity index (χ4v) is 1.14. The predicted molar refractivity (Wildman–Crippen MR) is 55.0 cm³/mol. The van der Waals surface area contributed by atoms with E-state index in [1.807, 2.05) is 12.1 Å². The summed E-state index contributed by atoms with van der Waals surface area (Å²) in [6.07, 6.45) is 0.619. The largest absolute Gasteiger partial charge is 0.493 e. The molecule has 82 valence electrons. The highest BCUT2D eigenvalue weighted by Crippen LogP contribution is 2.12. The maximum absolute atomic E-state index is 10.2. The quantitative estimate of drug-likeness (QED) is 0.737. The number of aliphatic hydroxyl groups is 1. The second-order valence-corrected chi connectivity index (χ2v) is 3.11. The Hall–Kier alpha value is -1.55. The number of ether oxygens (including phenoxy) is 1. The molecule has 0 heterocycles. The Bertz CT molecular complexity index is 305. The van der Waals surface area contributed by atoms with Crippen LogP contribution < -0.4 is 4.74 Å². The highest BCUT2D eigenvalue weighted by molar-refractivity contribution is 5.66. The molecular formula is C11H14O4. The third kappa shape index (κ3) is 4.46. The lowest BCUT2D eigenvalue weighted by Crippen LogP contribution is -2.04. The van der Waals surface area contributed by atoms with E-state index >= 15 is 0 Å². The van der Waals surface area contributed by atoms with E-state index in [0.717, 1.165) is 5.56 Å². The summed E-state index contributed by atoms with van der Waals surface area (Å²) >= 11 is 0. The third-order valence-corrected chi connectivity index (χ3v) is 1.91. The monoisotopic (exact) mass is 210 g/mol. The van der Waals surface area contributed by atoms with Crippen molar-refractivity contribution in [3.8, 4) is 5.75 Å². The van der Waals surface area contributed by atoms with E-state index in [-0.39, 0.29) is 19.6 Å². The number of aliphatic hydroxyl groups excluding tert-OH is 1. The number of hydrogen-bond acceptors (Lipinski definition) is 3. The van der Waals surface area contributed by atoms with Gasteiger partial charge in [-0.05, 0) is 24.1 Å². The van der Waals surface area contributed by atoms with Crippen LogP contribution in [0.4, 0.5) is 0 Å². The normalized spacial score (nSPS) is 9.93. The van der Waals surface area contributed by atoms with Crippen molar-refractivity contribution < 1.29 is 19.7 Å². The smallest absolute Gasteiger partial charge is 0.306 e. The first-order valence-corrected chi connectivity index (χ1v) is 4.77. The Morgan fingerprint density at radius 1 is 1.27 bits per heavy atom. The molecule has 0 unspecified atom stereocenters. The van der Waals surface area contributed by atoms with Crippen LogP contribution in [0.15, 0.2) is 24.3 Å². The van der Waals surface area contributed by atoms with Gasteiger partial charge >= 0.3 is 5.97 Å². The molecule has 0 amide bonds. The summed E-state index contributed by atoms with van der Waals surface area (Å²) in [5, 5.41) is 17.1. The van der Waals surface area contributed by atoms with Crippen molar-refractivity contribution in [2.24, 2.45) is 0 Å². The zero-order valence-corrected chi connectivity index (χ0v) is 8.35. The van der Waals surface area contributed by atoms with E-state index in [4.69, 9.17) is 14.9 Å². The SMILES string of the molecule is O=C(O)CCOc1ccc(CCO)cc1. The summed E-state index contributed by atoms with van der Waals surface area (Å²) in [4.78, 5) is 10.2. The molecule has 1 rings (SSSR count). The van der Waals surface area contributed by atoms with Crippen LogP contribution in [0.25, 0.3) is 0 Å². The lowest BCUT2D eigenvalue weighted by molar-refractivity contribution is -0.137. The zero-order chi connectivity index (χ0) is 11.1. The molecule has 4 heteroatoms. The van der Waals surface area contributed by atoms with Crippen molar-refractivity contribution in [1.82, 2.24) is 0 Å². The molecule has 0 radical (unpaired) electrons. The third-order valence-electron chi connectivity index (χ3n) is 1.91. The van der Waals surface area contributed by atoms with Gasteiger partial charge in [-0.25, -0.2) is 0 Å². The first-order chi connectivity index (χ1) is 7.22.